The molecule has 0 heterocycles. The van der Waals surface area contributed by atoms with Gasteiger partial charge in [-0.05, 0) is 40.3 Å². The number of benzene rings is 3. The van der Waals surface area contributed by atoms with Gasteiger partial charge in [-0.25, -0.2) is 0 Å². The highest BCUT2D eigenvalue weighted by molar-refractivity contribution is 5.76. The number of rotatable bonds is 1. The SMILES string of the molecule is OC=Cc1ccccc1.c1ccc2c(c1)Cc1ccccc1-2. The Morgan fingerprint density at radius 3 is 1.68 bits per heavy atom. The van der Waals surface area contributed by atoms with Gasteiger partial charge in [0.25, 0.3) is 0 Å². The lowest BCUT2D eigenvalue weighted by Crippen LogP contribution is -1.77. The molecule has 0 atom stereocenters. The molecule has 22 heavy (non-hydrogen) atoms. The molecule has 0 saturated heterocycles. The fourth-order valence-electron chi connectivity index (χ4n) is 2.73. The highest BCUT2D eigenvalue weighted by Crippen LogP contribution is 2.35. The first kappa shape index (κ1) is 14.2. The van der Waals surface area contributed by atoms with E-state index in [-0.39, 0.29) is 0 Å². The van der Waals surface area contributed by atoms with Crippen LogP contribution >= 0.6 is 0 Å². The third-order valence-electron chi connectivity index (χ3n) is 3.77. The fraction of sp³-hybridized carbons (Fsp3) is 0.0476. The molecule has 1 N–H and O–H groups in total. The molecule has 0 bridgehead atoms. The van der Waals surface area contributed by atoms with Crippen molar-refractivity contribution in [1.29, 1.82) is 0 Å². The van der Waals surface area contributed by atoms with Crippen LogP contribution in [0, 0.1) is 0 Å². The van der Waals surface area contributed by atoms with Gasteiger partial charge in [-0.1, -0.05) is 78.9 Å². The largest absolute Gasteiger partial charge is 0.516 e. The first-order chi connectivity index (χ1) is 10.9. The van der Waals surface area contributed by atoms with E-state index in [1.165, 1.54) is 22.3 Å². The standard InChI is InChI=1S/C13H10.C8H8O/c1-3-7-12-10(5-1)9-11-6-2-4-8-13(11)12;9-7-6-8-4-2-1-3-5-8/h1-8H,9H2;1-7,9H. The second-order valence-corrected chi connectivity index (χ2v) is 5.22. The van der Waals surface area contributed by atoms with Gasteiger partial charge in [-0.2, -0.15) is 0 Å². The minimum atomic E-state index is 1.01. The average Bonchev–Trinajstić information content (AvgIpc) is 2.95. The van der Waals surface area contributed by atoms with Gasteiger partial charge >= 0.3 is 0 Å². The molecule has 0 unspecified atom stereocenters. The van der Waals surface area contributed by atoms with E-state index in [0.717, 1.165) is 18.2 Å². The van der Waals surface area contributed by atoms with Gasteiger partial charge in [0.15, 0.2) is 0 Å². The summed E-state index contributed by atoms with van der Waals surface area (Å²) < 4.78 is 0. The summed E-state index contributed by atoms with van der Waals surface area (Å²) in [5.41, 5.74) is 6.77. The van der Waals surface area contributed by atoms with Gasteiger partial charge in [-0.15, -0.1) is 0 Å². The first-order valence-corrected chi connectivity index (χ1v) is 7.40. The van der Waals surface area contributed by atoms with Crippen LogP contribution in [0.25, 0.3) is 17.2 Å². The number of aliphatic hydroxyl groups is 1. The van der Waals surface area contributed by atoms with E-state index in [0.29, 0.717) is 0 Å². The lowest BCUT2D eigenvalue weighted by Gasteiger charge is -1.98. The van der Waals surface area contributed by atoms with Crippen molar-refractivity contribution in [3.63, 3.8) is 0 Å². The Morgan fingerprint density at radius 2 is 1.14 bits per heavy atom. The van der Waals surface area contributed by atoms with Crippen molar-refractivity contribution in [3.8, 4) is 11.1 Å². The van der Waals surface area contributed by atoms with Crippen molar-refractivity contribution < 1.29 is 5.11 Å². The van der Waals surface area contributed by atoms with E-state index < -0.39 is 0 Å². The van der Waals surface area contributed by atoms with Crippen molar-refractivity contribution in [3.05, 3.63) is 102 Å². The van der Waals surface area contributed by atoms with E-state index >= 15 is 0 Å². The quantitative estimate of drug-likeness (QED) is 0.460. The van der Waals surface area contributed by atoms with Crippen molar-refractivity contribution >= 4 is 6.08 Å². The monoisotopic (exact) mass is 286 g/mol. The highest BCUT2D eigenvalue weighted by atomic mass is 16.2. The fourth-order valence-corrected chi connectivity index (χ4v) is 2.73. The zero-order valence-electron chi connectivity index (χ0n) is 12.3. The van der Waals surface area contributed by atoms with Gasteiger partial charge in [0.1, 0.15) is 0 Å². The Labute approximate surface area is 131 Å². The number of hydrogen-bond donors (Lipinski definition) is 1. The van der Waals surface area contributed by atoms with E-state index in [4.69, 9.17) is 5.11 Å². The predicted octanol–water partition coefficient (Wildman–Crippen LogP) is 5.47. The molecule has 1 heteroatoms. The third kappa shape index (κ3) is 3.09. The van der Waals surface area contributed by atoms with E-state index in [1.54, 1.807) is 6.08 Å². The average molecular weight is 286 g/mol. The molecule has 0 radical (unpaired) electrons. The molecule has 0 aliphatic heterocycles. The molecule has 1 aliphatic rings. The van der Waals surface area contributed by atoms with Crippen LogP contribution in [0.2, 0.25) is 0 Å². The summed E-state index contributed by atoms with van der Waals surface area (Å²) >= 11 is 0. The summed E-state index contributed by atoms with van der Waals surface area (Å²) in [7, 11) is 0. The van der Waals surface area contributed by atoms with E-state index in [2.05, 4.69) is 48.5 Å². The van der Waals surface area contributed by atoms with E-state index in [9.17, 15) is 0 Å². The van der Waals surface area contributed by atoms with Crippen LogP contribution in [-0.4, -0.2) is 5.11 Å². The first-order valence-electron chi connectivity index (χ1n) is 7.40. The van der Waals surface area contributed by atoms with E-state index in [1.807, 2.05) is 30.3 Å². The van der Waals surface area contributed by atoms with Crippen LogP contribution in [0.4, 0.5) is 0 Å². The van der Waals surface area contributed by atoms with Crippen LogP contribution in [0.3, 0.4) is 0 Å². The molecule has 0 aromatic heterocycles. The zero-order valence-corrected chi connectivity index (χ0v) is 12.3. The van der Waals surface area contributed by atoms with Crippen LogP contribution in [-0.2, 0) is 6.42 Å². The summed E-state index contributed by atoms with van der Waals surface area (Å²) in [5, 5.41) is 8.34. The maximum Gasteiger partial charge on any atom is 0.0797 e. The summed E-state index contributed by atoms with van der Waals surface area (Å²) in [6.07, 6.45) is 3.78. The number of aliphatic hydroxyl groups excluding tert-OH is 1. The van der Waals surface area contributed by atoms with Gasteiger partial charge in [0.05, 0.1) is 6.26 Å². The summed E-state index contributed by atoms with van der Waals surface area (Å²) in [6, 6.07) is 26.9. The van der Waals surface area contributed by atoms with Crippen molar-refractivity contribution in [2.24, 2.45) is 0 Å². The van der Waals surface area contributed by atoms with Crippen molar-refractivity contribution in [2.45, 2.75) is 6.42 Å². The Kier molecular flexibility index (Phi) is 4.35. The summed E-state index contributed by atoms with van der Waals surface area (Å²) in [6.45, 7) is 0. The maximum atomic E-state index is 8.34. The molecule has 4 rings (SSSR count). The highest BCUT2D eigenvalue weighted by Gasteiger charge is 2.15. The molecule has 0 spiro atoms. The van der Waals surface area contributed by atoms with Crippen LogP contribution in [0.5, 0.6) is 0 Å². The Hall–Kier alpha value is -2.80. The Bertz CT molecular complexity index is 729. The summed E-state index contributed by atoms with van der Waals surface area (Å²) in [4.78, 5) is 0. The number of fused-ring (bicyclic) bond motifs is 3. The second-order valence-electron chi connectivity index (χ2n) is 5.22. The van der Waals surface area contributed by atoms with Crippen LogP contribution in [0.1, 0.15) is 16.7 Å². The molecule has 108 valence electrons. The number of hydrogen-bond acceptors (Lipinski definition) is 1. The molecule has 0 amide bonds. The topological polar surface area (TPSA) is 20.2 Å². The third-order valence-corrected chi connectivity index (χ3v) is 3.77. The predicted molar refractivity (Wildman–Crippen MR) is 92.8 cm³/mol. The second kappa shape index (κ2) is 6.77. The lowest BCUT2D eigenvalue weighted by atomic mass is 10.1. The van der Waals surface area contributed by atoms with Crippen molar-refractivity contribution in [1.82, 2.24) is 0 Å². The Balaban J connectivity index is 0.000000142. The van der Waals surface area contributed by atoms with Gasteiger partial charge in [-0.3, -0.25) is 0 Å². The minimum absolute atomic E-state index is 1.01. The normalized spacial score (nSPS) is 11.5. The molecule has 0 saturated carbocycles. The zero-order chi connectivity index (χ0) is 15.2. The Morgan fingerprint density at radius 1 is 0.636 bits per heavy atom. The maximum absolute atomic E-state index is 8.34. The van der Waals surface area contributed by atoms with Gasteiger partial charge in [0.2, 0.25) is 0 Å². The van der Waals surface area contributed by atoms with Crippen molar-refractivity contribution in [2.75, 3.05) is 0 Å². The molecule has 1 aliphatic carbocycles. The van der Waals surface area contributed by atoms with Crippen LogP contribution < -0.4 is 0 Å². The molecule has 1 nitrogen and oxygen atoms in total. The summed E-state index contributed by atoms with van der Waals surface area (Å²) in [5.74, 6) is 0. The lowest BCUT2D eigenvalue weighted by molar-refractivity contribution is 0.478. The van der Waals surface area contributed by atoms with Crippen LogP contribution in [0.15, 0.2) is 85.1 Å². The molecule has 3 aromatic carbocycles. The van der Waals surface area contributed by atoms with Gasteiger partial charge in [0, 0.05) is 0 Å². The molecule has 0 fully saturated rings. The molecular formula is C21H18O. The molecular weight excluding hydrogens is 268 g/mol. The van der Waals surface area contributed by atoms with Gasteiger partial charge < -0.3 is 5.11 Å². The molecule has 3 aromatic rings. The minimum Gasteiger partial charge on any atom is -0.516 e. The smallest absolute Gasteiger partial charge is 0.0797 e.